The number of nitrogens with zero attached hydrogens (tertiary/aromatic N) is 3. The lowest BCUT2D eigenvalue weighted by molar-refractivity contribution is -0.122. The monoisotopic (exact) mass is 480 g/mol. The summed E-state index contributed by atoms with van der Waals surface area (Å²) in [5.41, 5.74) is 1.55. The first-order valence-electron chi connectivity index (χ1n) is 9.56. The third-order valence-corrected chi connectivity index (χ3v) is 7.74. The lowest BCUT2D eigenvalue weighted by atomic mass is 9.97. The highest BCUT2D eigenvalue weighted by molar-refractivity contribution is 7.85. The van der Waals surface area contributed by atoms with Crippen LogP contribution in [0.4, 0.5) is 24.0 Å². The molecule has 0 radical (unpaired) electrons. The molecule has 3 aromatic rings. The number of aromatic nitrogens is 1. The quantitative estimate of drug-likeness (QED) is 0.566. The van der Waals surface area contributed by atoms with Crippen LogP contribution in [0.15, 0.2) is 40.6 Å². The van der Waals surface area contributed by atoms with Gasteiger partial charge in [-0.1, -0.05) is 23.5 Å². The molecule has 1 aliphatic heterocycles. The minimum Gasteiger partial charge on any atom is -0.370 e. The number of anilines is 2. The molecule has 0 spiro atoms. The fourth-order valence-corrected chi connectivity index (χ4v) is 5.19. The van der Waals surface area contributed by atoms with Gasteiger partial charge in [0.05, 0.1) is 11.6 Å². The molecule has 1 atom stereocenters. The van der Waals surface area contributed by atoms with Crippen LogP contribution >= 0.6 is 11.3 Å². The highest BCUT2D eigenvalue weighted by atomic mass is 32.2. The van der Waals surface area contributed by atoms with Crippen molar-refractivity contribution in [3.63, 3.8) is 0 Å². The zero-order valence-corrected chi connectivity index (χ0v) is 18.8. The molecule has 1 amide bonds. The van der Waals surface area contributed by atoms with Crippen LogP contribution < -0.4 is 14.9 Å². The summed E-state index contributed by atoms with van der Waals surface area (Å²) in [6.07, 6.45) is 0. The lowest BCUT2D eigenvalue weighted by Crippen LogP contribution is -2.54. The summed E-state index contributed by atoms with van der Waals surface area (Å²) in [5, 5.41) is 5.87. The average molecular weight is 481 g/mol. The largest absolute Gasteiger partial charge is 0.370 e. The van der Waals surface area contributed by atoms with Gasteiger partial charge in [-0.25, -0.2) is 27.5 Å². The zero-order valence-electron chi connectivity index (χ0n) is 17.1. The number of hydrogen-bond donors (Lipinski definition) is 1. The molecule has 1 unspecified atom stereocenters. The van der Waals surface area contributed by atoms with Crippen molar-refractivity contribution in [2.75, 3.05) is 29.9 Å². The zero-order chi connectivity index (χ0) is 23.2. The number of halogens is 3. The van der Waals surface area contributed by atoms with E-state index in [-0.39, 0.29) is 17.4 Å². The summed E-state index contributed by atoms with van der Waals surface area (Å²) in [6.45, 7) is 2.65. The number of benzene rings is 2. The summed E-state index contributed by atoms with van der Waals surface area (Å²) in [7, 11) is -0.0351. The van der Waals surface area contributed by atoms with Crippen molar-refractivity contribution in [2.24, 2.45) is 11.1 Å². The minimum atomic E-state index is -1.65. The van der Waals surface area contributed by atoms with E-state index in [0.29, 0.717) is 39.8 Å². The van der Waals surface area contributed by atoms with Crippen LogP contribution in [0.25, 0.3) is 11.1 Å². The molecule has 1 saturated heterocycles. The Labute approximate surface area is 189 Å². The van der Waals surface area contributed by atoms with Crippen molar-refractivity contribution < 1.29 is 22.2 Å². The van der Waals surface area contributed by atoms with Crippen molar-refractivity contribution in [3.8, 4) is 11.1 Å². The number of nitrogens with two attached hydrogens (primary N) is 1. The van der Waals surface area contributed by atoms with E-state index in [4.69, 9.17) is 5.14 Å². The molecule has 4 rings (SSSR count). The van der Waals surface area contributed by atoms with Crippen LogP contribution in [0.1, 0.15) is 5.69 Å². The second-order valence-corrected chi connectivity index (χ2v) is 9.70. The Balaban J connectivity index is 1.42. The van der Waals surface area contributed by atoms with Gasteiger partial charge in [0.1, 0.15) is 21.0 Å². The summed E-state index contributed by atoms with van der Waals surface area (Å²) in [5.74, 6) is -3.55. The fourth-order valence-electron chi connectivity index (χ4n) is 3.53. The second kappa shape index (κ2) is 8.64. The SMILES string of the molecule is Cc1nc(N(C)C(=O)C2CN(c3ccc(-c4cc(F)cc(F)c4F)cc3)C2)sc1S(N)=O. The van der Waals surface area contributed by atoms with Crippen molar-refractivity contribution >= 4 is 39.0 Å². The van der Waals surface area contributed by atoms with Crippen molar-refractivity contribution in [3.05, 3.63) is 59.5 Å². The molecule has 2 N–H and O–H groups in total. The Kier molecular flexibility index (Phi) is 6.06. The lowest BCUT2D eigenvalue weighted by Gasteiger charge is -2.41. The number of amides is 1. The van der Waals surface area contributed by atoms with E-state index in [0.717, 1.165) is 23.1 Å². The molecule has 11 heteroatoms. The van der Waals surface area contributed by atoms with Crippen molar-refractivity contribution in [1.29, 1.82) is 0 Å². The van der Waals surface area contributed by atoms with Gasteiger partial charge in [-0.05, 0) is 30.7 Å². The van der Waals surface area contributed by atoms with Crippen LogP contribution in [0.5, 0.6) is 0 Å². The molecule has 1 fully saturated rings. The summed E-state index contributed by atoms with van der Waals surface area (Å²) in [4.78, 5) is 20.5. The van der Waals surface area contributed by atoms with Gasteiger partial charge in [-0.2, -0.15) is 0 Å². The molecule has 2 aromatic carbocycles. The maximum atomic E-state index is 14.0. The Morgan fingerprint density at radius 1 is 1.22 bits per heavy atom. The molecule has 0 aliphatic carbocycles. The molecule has 0 bridgehead atoms. The molecular weight excluding hydrogens is 461 g/mol. The molecule has 1 aromatic heterocycles. The van der Waals surface area contributed by atoms with Crippen LogP contribution in [-0.2, 0) is 15.8 Å². The van der Waals surface area contributed by atoms with Crippen LogP contribution in [-0.4, -0.2) is 35.2 Å². The van der Waals surface area contributed by atoms with Crippen LogP contribution in [0.2, 0.25) is 0 Å². The molecule has 0 saturated carbocycles. The Hall–Kier alpha value is -2.76. The van der Waals surface area contributed by atoms with Gasteiger partial charge < -0.3 is 4.90 Å². The number of thiazole rings is 1. The average Bonchev–Trinajstić information content (AvgIpc) is 3.11. The predicted molar refractivity (Wildman–Crippen MR) is 118 cm³/mol. The van der Waals surface area contributed by atoms with Crippen LogP contribution in [0, 0.1) is 30.3 Å². The summed E-state index contributed by atoms with van der Waals surface area (Å²) in [6, 6.07) is 8.06. The standard InChI is InChI=1S/C21H19F3N4O2S2/c1-11-20(32(25)30)31-21(26-11)27(2)19(29)13-9-28(10-13)15-5-3-12(4-6-15)16-7-14(22)8-17(23)18(16)24/h3-8,13H,9-10,25H2,1-2H3. The maximum Gasteiger partial charge on any atom is 0.235 e. The number of carbonyl (C=O) groups is 1. The van der Waals surface area contributed by atoms with E-state index in [1.807, 2.05) is 4.90 Å². The predicted octanol–water partition coefficient (Wildman–Crippen LogP) is 3.62. The number of rotatable bonds is 5. The topological polar surface area (TPSA) is 79.5 Å². The van der Waals surface area contributed by atoms with Gasteiger partial charge in [0.25, 0.3) is 0 Å². The van der Waals surface area contributed by atoms with Gasteiger partial charge in [0.15, 0.2) is 16.8 Å². The number of hydrogen-bond acceptors (Lipinski definition) is 5. The first kappa shape index (κ1) is 22.4. The molecule has 2 heterocycles. The van der Waals surface area contributed by atoms with Gasteiger partial charge >= 0.3 is 0 Å². The molecule has 168 valence electrons. The van der Waals surface area contributed by atoms with Gasteiger partial charge in [0, 0.05) is 37.5 Å². The van der Waals surface area contributed by atoms with Crippen LogP contribution in [0.3, 0.4) is 0 Å². The molecular formula is C21H19F3N4O2S2. The molecule has 32 heavy (non-hydrogen) atoms. The number of carbonyl (C=O) groups excluding carboxylic acids is 1. The first-order chi connectivity index (χ1) is 15.2. The first-order valence-corrected chi connectivity index (χ1v) is 11.6. The third kappa shape index (κ3) is 4.15. The van der Waals surface area contributed by atoms with E-state index in [1.54, 1.807) is 38.2 Å². The van der Waals surface area contributed by atoms with Gasteiger partial charge in [-0.15, -0.1) is 0 Å². The van der Waals surface area contributed by atoms with Gasteiger partial charge in [0.2, 0.25) is 5.91 Å². The highest BCUT2D eigenvalue weighted by Gasteiger charge is 2.36. The normalized spacial score (nSPS) is 14.9. The van der Waals surface area contributed by atoms with E-state index in [2.05, 4.69) is 4.98 Å². The van der Waals surface area contributed by atoms with Gasteiger partial charge in [-0.3, -0.25) is 9.69 Å². The Morgan fingerprint density at radius 3 is 2.47 bits per heavy atom. The highest BCUT2D eigenvalue weighted by Crippen LogP contribution is 2.32. The van der Waals surface area contributed by atoms with E-state index in [1.165, 1.54) is 4.90 Å². The Morgan fingerprint density at radius 2 is 1.88 bits per heavy atom. The van der Waals surface area contributed by atoms with E-state index in [9.17, 15) is 22.2 Å². The number of aryl methyl sites for hydroxylation is 1. The van der Waals surface area contributed by atoms with Crippen molar-refractivity contribution in [2.45, 2.75) is 11.1 Å². The van der Waals surface area contributed by atoms with E-state index < -0.39 is 28.4 Å². The third-order valence-electron chi connectivity index (χ3n) is 5.31. The maximum absolute atomic E-state index is 14.0. The smallest absolute Gasteiger partial charge is 0.235 e. The molecule has 6 nitrogen and oxygen atoms in total. The summed E-state index contributed by atoms with van der Waals surface area (Å²) < 4.78 is 52.9. The fraction of sp³-hybridized carbons (Fsp3) is 0.238. The second-order valence-electron chi connectivity index (χ2n) is 7.46. The van der Waals surface area contributed by atoms with E-state index >= 15 is 0 Å². The Bertz CT molecular complexity index is 1210. The minimum absolute atomic E-state index is 0.113. The molecule has 1 aliphatic rings. The summed E-state index contributed by atoms with van der Waals surface area (Å²) >= 11 is 1.13. The van der Waals surface area contributed by atoms with Crippen molar-refractivity contribution in [1.82, 2.24) is 4.98 Å².